The van der Waals surface area contributed by atoms with Gasteiger partial charge in [-0.3, -0.25) is 14.8 Å². The fraction of sp³-hybridized carbons (Fsp3) is 0.200. The summed E-state index contributed by atoms with van der Waals surface area (Å²) in [6.07, 6.45) is 0.288. The third-order valence-corrected chi connectivity index (χ3v) is 7.63. The number of aliphatic imine (C=N–C) groups is 1. The van der Waals surface area contributed by atoms with Gasteiger partial charge in [0, 0.05) is 46.3 Å². The van der Waals surface area contributed by atoms with E-state index >= 15 is 0 Å². The Morgan fingerprint density at radius 2 is 1.68 bits per heavy atom. The molecule has 0 unspecified atom stereocenters. The van der Waals surface area contributed by atoms with Crippen molar-refractivity contribution in [2.75, 3.05) is 13.7 Å². The van der Waals surface area contributed by atoms with Gasteiger partial charge in [0.15, 0.2) is 6.04 Å². The van der Waals surface area contributed by atoms with Gasteiger partial charge in [0.25, 0.3) is 0 Å². The number of methoxy groups -OCH3 is 1. The van der Waals surface area contributed by atoms with Gasteiger partial charge < -0.3 is 24.7 Å². The Morgan fingerprint density at radius 1 is 1.00 bits per heavy atom. The molecule has 244 valence electrons. The minimum Gasteiger partial charge on any atom is -0.621 e. The topological polar surface area (TPSA) is 150 Å². The average molecular weight is 678 g/mol. The molecular weight excluding hydrogens is 647 g/mol. The van der Waals surface area contributed by atoms with Crippen LogP contribution in [0, 0.1) is 0 Å². The van der Waals surface area contributed by atoms with Crippen molar-refractivity contribution in [2.45, 2.75) is 31.3 Å². The maximum absolute atomic E-state index is 13.9. The summed E-state index contributed by atoms with van der Waals surface area (Å²) in [5.41, 5.74) is 2.26. The first-order chi connectivity index (χ1) is 22.3. The Balaban J connectivity index is 0.00000500. The number of cyclic esters (lactones) is 1. The number of ether oxygens (including phenoxy) is 2. The Hall–Kier alpha value is -5.35. The van der Waals surface area contributed by atoms with Crippen LogP contribution < -0.4 is 4.74 Å². The van der Waals surface area contributed by atoms with Crippen LogP contribution in [0.4, 0.5) is 10.5 Å². The van der Waals surface area contributed by atoms with Gasteiger partial charge in [-0.1, -0.05) is 78.9 Å². The van der Waals surface area contributed by atoms with Crippen LogP contribution in [0.2, 0.25) is 0 Å². The van der Waals surface area contributed by atoms with Crippen LogP contribution in [-0.4, -0.2) is 64.3 Å². The van der Waals surface area contributed by atoms with Gasteiger partial charge in [-0.05, 0) is 36.2 Å². The smallest absolute Gasteiger partial charge is 0.417 e. The summed E-state index contributed by atoms with van der Waals surface area (Å²) in [4.78, 5) is 62.2. The molecule has 11 nitrogen and oxygen atoms in total. The maximum atomic E-state index is 13.9. The molecule has 1 aromatic heterocycles. The zero-order chi connectivity index (χ0) is 32.6. The molecule has 4 aromatic rings. The minimum atomic E-state index is -1.49. The SMILES string of the molecule is COc1ccccc1[C@@H](CC(=O)N1C(=O)OC[C@@H]1c1ccccc1)[C@H](N=C(C)c1ccccc1[N-]C(=O)c1ccccn1)C(=O)O.[Ni]. The van der Waals surface area contributed by atoms with Crippen LogP contribution in [0.15, 0.2) is 108 Å². The van der Waals surface area contributed by atoms with Crippen LogP contribution in [0.5, 0.6) is 5.75 Å². The van der Waals surface area contributed by atoms with Crippen molar-refractivity contribution in [3.63, 3.8) is 0 Å². The number of hydrogen-bond donors (Lipinski definition) is 1. The van der Waals surface area contributed by atoms with Crippen molar-refractivity contribution in [3.05, 3.63) is 131 Å². The monoisotopic (exact) mass is 677 g/mol. The molecule has 0 spiro atoms. The second kappa shape index (κ2) is 15.8. The second-order valence-electron chi connectivity index (χ2n) is 10.5. The largest absolute Gasteiger partial charge is 0.621 e. The van der Waals surface area contributed by atoms with Crippen molar-refractivity contribution < 1.29 is 50.2 Å². The molecule has 2 heterocycles. The van der Waals surface area contributed by atoms with Gasteiger partial charge in [-0.15, -0.1) is 5.69 Å². The summed E-state index contributed by atoms with van der Waals surface area (Å²) in [5.74, 6) is -3.19. The fourth-order valence-corrected chi connectivity index (χ4v) is 5.40. The zero-order valence-electron chi connectivity index (χ0n) is 25.5. The van der Waals surface area contributed by atoms with Crippen LogP contribution in [-0.2, 0) is 30.8 Å². The van der Waals surface area contributed by atoms with E-state index in [0.29, 0.717) is 22.4 Å². The summed E-state index contributed by atoms with van der Waals surface area (Å²) in [6, 6.07) is 25.2. The summed E-state index contributed by atoms with van der Waals surface area (Å²) in [7, 11) is 1.45. The second-order valence-corrected chi connectivity index (χ2v) is 10.5. The number of carbonyl (C=O) groups excluding carboxylic acids is 3. The molecule has 1 saturated heterocycles. The number of carboxylic acids is 1. The number of rotatable bonds is 11. The Kier molecular flexibility index (Phi) is 11.6. The first kappa shape index (κ1) is 34.5. The number of carboxylic acid groups (broad SMARTS) is 1. The number of carbonyl (C=O) groups is 4. The Bertz CT molecular complexity index is 1770. The molecule has 0 aliphatic carbocycles. The number of nitrogens with zero attached hydrogens (tertiary/aromatic N) is 4. The molecule has 3 amide bonds. The summed E-state index contributed by atoms with van der Waals surface area (Å²) in [5, 5.41) is 14.8. The molecule has 1 aliphatic heterocycles. The third kappa shape index (κ3) is 7.91. The van der Waals surface area contributed by atoms with Gasteiger partial charge in [0.2, 0.25) is 5.91 Å². The average Bonchev–Trinajstić information content (AvgIpc) is 3.48. The number of aliphatic carboxylic acids is 1. The van der Waals surface area contributed by atoms with Crippen molar-refractivity contribution >= 4 is 35.3 Å². The molecule has 1 aliphatic rings. The molecule has 1 fully saturated rings. The quantitative estimate of drug-likeness (QED) is 0.148. The molecule has 5 rings (SSSR count). The summed E-state index contributed by atoms with van der Waals surface area (Å²) in [6.45, 7) is 1.59. The number of aromatic nitrogens is 1. The van der Waals surface area contributed by atoms with E-state index in [1.807, 2.05) is 6.07 Å². The van der Waals surface area contributed by atoms with Crippen molar-refractivity contribution in [2.24, 2.45) is 4.99 Å². The van der Waals surface area contributed by atoms with E-state index in [-0.39, 0.29) is 40.2 Å². The first-order valence-corrected chi connectivity index (χ1v) is 14.5. The van der Waals surface area contributed by atoms with Crippen molar-refractivity contribution in [1.82, 2.24) is 9.88 Å². The molecule has 1 N–H and O–H groups in total. The van der Waals surface area contributed by atoms with Crippen LogP contribution >= 0.6 is 0 Å². The predicted octanol–water partition coefficient (Wildman–Crippen LogP) is 6.09. The van der Waals surface area contributed by atoms with Gasteiger partial charge in [-0.2, -0.15) is 0 Å². The minimum absolute atomic E-state index is 0. The number of hydrogen-bond acceptors (Lipinski definition) is 8. The number of amides is 3. The zero-order valence-corrected chi connectivity index (χ0v) is 26.5. The third-order valence-electron chi connectivity index (χ3n) is 7.63. The molecule has 0 bridgehead atoms. The van der Waals surface area contributed by atoms with Crippen molar-refractivity contribution in [1.29, 1.82) is 0 Å². The van der Waals surface area contributed by atoms with Gasteiger partial charge >= 0.3 is 12.1 Å². The number of imide groups is 1. The van der Waals surface area contributed by atoms with E-state index in [2.05, 4.69) is 15.3 Å². The normalized spacial score (nSPS) is 15.5. The van der Waals surface area contributed by atoms with Crippen LogP contribution in [0.1, 0.15) is 52.5 Å². The molecule has 3 aromatic carbocycles. The number of benzene rings is 3. The molecule has 0 saturated carbocycles. The predicted molar refractivity (Wildman–Crippen MR) is 169 cm³/mol. The van der Waals surface area contributed by atoms with E-state index in [1.54, 1.807) is 97.9 Å². The van der Waals surface area contributed by atoms with Crippen LogP contribution in [0.25, 0.3) is 5.32 Å². The number of pyridine rings is 1. The van der Waals surface area contributed by atoms with E-state index in [4.69, 9.17) is 9.47 Å². The first-order valence-electron chi connectivity index (χ1n) is 14.5. The summed E-state index contributed by atoms with van der Waals surface area (Å²) >= 11 is 0. The van der Waals surface area contributed by atoms with Gasteiger partial charge in [0.1, 0.15) is 24.3 Å². The molecule has 12 heteroatoms. The number of para-hydroxylation sites is 2. The standard InChI is InChI=1S/C35H32N4O7.Ni/c1-22(24-14-6-8-16-27(24)38-33(41)28-17-10-11-19-36-28)37-32(34(42)43)26(25-15-7-9-18-30(25)45-2)20-31(40)39-29(21-46-35(39)44)23-12-4-3-5-13-23;/h3-19,26,29,32H,20-21H2,1-2H3,(H2,37,38,41,42,43);/p-1/t26-,29-,32+;/m1./s1. The van der Waals surface area contributed by atoms with Gasteiger partial charge in [-0.25, -0.2) is 14.5 Å². The van der Waals surface area contributed by atoms with E-state index in [9.17, 15) is 24.3 Å². The summed E-state index contributed by atoms with van der Waals surface area (Å²) < 4.78 is 10.8. The van der Waals surface area contributed by atoms with E-state index < -0.39 is 48.3 Å². The Labute approximate surface area is 281 Å². The molecule has 0 radical (unpaired) electrons. The Morgan fingerprint density at radius 3 is 2.38 bits per heavy atom. The van der Waals surface area contributed by atoms with Crippen LogP contribution in [0.3, 0.4) is 0 Å². The molecule has 3 atom stereocenters. The fourth-order valence-electron chi connectivity index (χ4n) is 5.40. The van der Waals surface area contributed by atoms with E-state index in [1.165, 1.54) is 13.3 Å². The van der Waals surface area contributed by atoms with E-state index in [0.717, 1.165) is 4.90 Å². The van der Waals surface area contributed by atoms with Crippen molar-refractivity contribution in [3.8, 4) is 5.75 Å². The van der Waals surface area contributed by atoms with Gasteiger partial charge in [0.05, 0.1) is 12.8 Å². The maximum Gasteiger partial charge on any atom is 0.417 e. The molecule has 47 heavy (non-hydrogen) atoms. The molecular formula is C35H31N4NiO7-.